The Morgan fingerprint density at radius 3 is 2.64 bits per heavy atom. The quantitative estimate of drug-likeness (QED) is 0.291. The molecule has 1 fully saturated rings. The summed E-state index contributed by atoms with van der Waals surface area (Å²) in [6.45, 7) is 16.6. The molecule has 0 aliphatic heterocycles. The minimum absolute atomic E-state index is 0.598. The van der Waals surface area contributed by atoms with Gasteiger partial charge >= 0.3 is 0 Å². The number of halogens is 1. The molecule has 0 radical (unpaired) electrons. The van der Waals surface area contributed by atoms with Gasteiger partial charge in [0.2, 0.25) is 0 Å². The lowest BCUT2D eigenvalue weighted by molar-refractivity contribution is 0.336. The van der Waals surface area contributed by atoms with E-state index in [1.54, 1.807) is 6.20 Å². The average molecular weight is 465 g/mol. The highest BCUT2D eigenvalue weighted by atomic mass is 35.5. The molecule has 1 aromatic heterocycles. The van der Waals surface area contributed by atoms with Crippen LogP contribution in [0.15, 0.2) is 68.2 Å². The van der Waals surface area contributed by atoms with Crippen molar-refractivity contribution in [2.45, 2.75) is 45.1 Å². The number of pyridine rings is 1. The number of fused-ring (bicyclic) bond motifs is 1. The molecule has 1 aromatic carbocycles. The smallest absolute Gasteiger partial charge is 0.0738 e. The van der Waals surface area contributed by atoms with Gasteiger partial charge in [-0.2, -0.15) is 0 Å². The Hall–Kier alpha value is -2.72. The average Bonchev–Trinajstić information content (AvgIpc) is 3.34. The molecular weight excluding hydrogens is 428 g/mol. The first kappa shape index (κ1) is 24.9. The molecule has 33 heavy (non-hydrogen) atoms. The van der Waals surface area contributed by atoms with Crippen LogP contribution in [0, 0.1) is 0 Å². The molecule has 0 spiro atoms. The van der Waals surface area contributed by atoms with E-state index in [9.17, 15) is 0 Å². The lowest BCUT2D eigenvalue weighted by Gasteiger charge is -2.25. The second-order valence-corrected chi connectivity index (χ2v) is 9.27. The normalized spacial score (nSPS) is 14.3. The molecule has 4 nitrogen and oxygen atoms in total. The second kappa shape index (κ2) is 11.9. The maximum absolute atomic E-state index is 6.67. The maximum Gasteiger partial charge on any atom is 0.0738 e. The summed E-state index contributed by atoms with van der Waals surface area (Å²) in [6, 6.07) is 8.93. The fraction of sp³-hybridized carbons (Fsp3) is 0.393. The first-order valence-electron chi connectivity index (χ1n) is 11.8. The Balaban J connectivity index is 1.81. The summed E-state index contributed by atoms with van der Waals surface area (Å²) < 4.78 is 0. The second-order valence-electron chi connectivity index (χ2n) is 8.86. The Morgan fingerprint density at radius 2 is 1.97 bits per heavy atom. The van der Waals surface area contributed by atoms with Crippen molar-refractivity contribution in [3.8, 4) is 0 Å². The molecule has 0 unspecified atom stereocenters. The van der Waals surface area contributed by atoms with Crippen LogP contribution in [0.1, 0.15) is 43.9 Å². The summed E-state index contributed by atoms with van der Waals surface area (Å²) in [7, 11) is 2.15. The standard InChI is InChI=1S/C28H37ClN4/c1-6-23(20-32(5)24-10-8-9-11-24)27-19-26(29)25-13-12-22(18-28(25)31-27)14-16-33(21(3)4)17-15-30-7-2/h6-7,12-13,18-20,24,30H,1-3,8-11,14-17H2,4-5H3/b23-20+. The van der Waals surface area contributed by atoms with Crippen LogP contribution in [-0.4, -0.2) is 47.5 Å². The molecule has 1 heterocycles. The van der Waals surface area contributed by atoms with E-state index in [1.165, 1.54) is 31.2 Å². The minimum Gasteiger partial charge on any atom is -0.390 e. The van der Waals surface area contributed by atoms with Crippen molar-refractivity contribution in [2.75, 3.05) is 26.7 Å². The molecule has 1 saturated carbocycles. The fourth-order valence-electron chi connectivity index (χ4n) is 4.45. The molecule has 176 valence electrons. The first-order valence-corrected chi connectivity index (χ1v) is 12.2. The van der Waals surface area contributed by atoms with Crippen LogP contribution in [0.5, 0.6) is 0 Å². The summed E-state index contributed by atoms with van der Waals surface area (Å²) in [5.74, 6) is 0. The van der Waals surface area contributed by atoms with E-state index in [4.69, 9.17) is 16.6 Å². The van der Waals surface area contributed by atoms with Crippen molar-refractivity contribution >= 4 is 28.1 Å². The highest BCUT2D eigenvalue weighted by Gasteiger charge is 2.18. The lowest BCUT2D eigenvalue weighted by atomic mass is 10.1. The zero-order valence-electron chi connectivity index (χ0n) is 20.1. The highest BCUT2D eigenvalue weighted by Crippen LogP contribution is 2.29. The highest BCUT2D eigenvalue weighted by molar-refractivity contribution is 6.35. The molecule has 5 heteroatoms. The van der Waals surface area contributed by atoms with Crippen LogP contribution in [-0.2, 0) is 6.42 Å². The molecular formula is C28H37ClN4. The summed E-state index contributed by atoms with van der Waals surface area (Å²) in [4.78, 5) is 9.57. The maximum atomic E-state index is 6.67. The molecule has 0 amide bonds. The van der Waals surface area contributed by atoms with Gasteiger partial charge in [-0.15, -0.1) is 0 Å². The number of nitrogens with one attached hydrogen (secondary N) is 1. The van der Waals surface area contributed by atoms with Crippen molar-refractivity contribution in [2.24, 2.45) is 0 Å². The number of hydrogen-bond donors (Lipinski definition) is 1. The number of allylic oxidation sites excluding steroid dienone is 3. The third kappa shape index (κ3) is 6.64. The number of benzene rings is 1. The molecule has 0 saturated heterocycles. The van der Waals surface area contributed by atoms with E-state index in [0.29, 0.717) is 6.04 Å². The van der Waals surface area contributed by atoms with E-state index >= 15 is 0 Å². The van der Waals surface area contributed by atoms with E-state index in [2.05, 4.69) is 66.3 Å². The van der Waals surface area contributed by atoms with Gasteiger partial charge in [-0.3, -0.25) is 0 Å². The predicted molar refractivity (Wildman–Crippen MR) is 143 cm³/mol. The lowest BCUT2D eigenvalue weighted by Crippen LogP contribution is -2.30. The van der Waals surface area contributed by atoms with Crippen LogP contribution in [0.2, 0.25) is 5.02 Å². The third-order valence-electron chi connectivity index (χ3n) is 6.46. The molecule has 1 aliphatic rings. The summed E-state index contributed by atoms with van der Waals surface area (Å²) in [6.07, 6.45) is 11.8. The molecule has 3 rings (SSSR count). The predicted octanol–water partition coefficient (Wildman–Crippen LogP) is 6.40. The Bertz CT molecular complexity index is 1020. The molecule has 0 atom stereocenters. The number of rotatable bonds is 12. The van der Waals surface area contributed by atoms with Crippen LogP contribution in [0.4, 0.5) is 0 Å². The van der Waals surface area contributed by atoms with Crippen LogP contribution < -0.4 is 5.32 Å². The Morgan fingerprint density at radius 1 is 1.21 bits per heavy atom. The van der Waals surface area contributed by atoms with Gasteiger partial charge < -0.3 is 15.1 Å². The van der Waals surface area contributed by atoms with E-state index in [1.807, 2.05) is 19.1 Å². The van der Waals surface area contributed by atoms with Crippen molar-refractivity contribution in [3.05, 3.63) is 84.5 Å². The van der Waals surface area contributed by atoms with Crippen LogP contribution >= 0.6 is 11.6 Å². The van der Waals surface area contributed by atoms with Gasteiger partial charge in [-0.05, 0) is 50.1 Å². The largest absolute Gasteiger partial charge is 0.390 e. The van der Waals surface area contributed by atoms with Gasteiger partial charge in [-0.1, -0.05) is 62.4 Å². The van der Waals surface area contributed by atoms with Gasteiger partial charge in [0.15, 0.2) is 0 Å². The zero-order chi connectivity index (χ0) is 23.8. The third-order valence-corrected chi connectivity index (χ3v) is 6.78. The van der Waals surface area contributed by atoms with E-state index in [-0.39, 0.29) is 0 Å². The van der Waals surface area contributed by atoms with Gasteiger partial charge in [0, 0.05) is 55.6 Å². The molecule has 0 bridgehead atoms. The van der Waals surface area contributed by atoms with Crippen molar-refractivity contribution < 1.29 is 0 Å². The zero-order valence-corrected chi connectivity index (χ0v) is 20.9. The summed E-state index contributed by atoms with van der Waals surface area (Å²) in [5, 5.41) is 4.85. The van der Waals surface area contributed by atoms with Crippen molar-refractivity contribution in [1.82, 2.24) is 20.1 Å². The van der Waals surface area contributed by atoms with Gasteiger partial charge in [-0.25, -0.2) is 4.98 Å². The number of aromatic nitrogens is 1. The minimum atomic E-state index is 0.598. The van der Waals surface area contributed by atoms with Crippen molar-refractivity contribution in [1.29, 1.82) is 0 Å². The van der Waals surface area contributed by atoms with Crippen LogP contribution in [0.25, 0.3) is 16.5 Å². The van der Waals surface area contributed by atoms with Crippen LogP contribution in [0.3, 0.4) is 0 Å². The fourth-order valence-corrected chi connectivity index (χ4v) is 4.72. The van der Waals surface area contributed by atoms with Crippen molar-refractivity contribution in [3.63, 3.8) is 0 Å². The Kier molecular flexibility index (Phi) is 9.02. The molecule has 1 N–H and O–H groups in total. The summed E-state index contributed by atoms with van der Waals surface area (Å²) >= 11 is 6.67. The van der Waals surface area contributed by atoms with Gasteiger partial charge in [0.05, 0.1) is 16.2 Å². The topological polar surface area (TPSA) is 31.4 Å². The monoisotopic (exact) mass is 464 g/mol. The SMILES string of the molecule is C=CNCCN(CCc1ccc2c(Cl)cc(/C(C=C)=C/N(C)C3CCCC3)nc2c1)C(=C)C. The number of hydrogen-bond acceptors (Lipinski definition) is 4. The molecule has 1 aliphatic carbocycles. The molecule has 2 aromatic rings. The van der Waals surface area contributed by atoms with E-state index in [0.717, 1.165) is 58.9 Å². The first-order chi connectivity index (χ1) is 15.9. The van der Waals surface area contributed by atoms with Gasteiger partial charge in [0.1, 0.15) is 0 Å². The Labute approximate surface area is 204 Å². The van der Waals surface area contributed by atoms with Gasteiger partial charge in [0.25, 0.3) is 0 Å². The van der Waals surface area contributed by atoms with E-state index < -0.39 is 0 Å². The summed E-state index contributed by atoms with van der Waals surface area (Å²) in [5.41, 5.74) is 5.09. The number of nitrogens with zero attached hydrogens (tertiary/aromatic N) is 3.